The van der Waals surface area contributed by atoms with Crippen molar-refractivity contribution in [2.75, 3.05) is 13.2 Å². The van der Waals surface area contributed by atoms with Crippen LogP contribution in [0.5, 0.6) is 11.5 Å². The molecule has 2 heterocycles. The van der Waals surface area contributed by atoms with Crippen molar-refractivity contribution in [2.24, 2.45) is 0 Å². The minimum absolute atomic E-state index is 0.0320. The highest BCUT2D eigenvalue weighted by Gasteiger charge is 2.17. The van der Waals surface area contributed by atoms with Crippen molar-refractivity contribution in [1.29, 1.82) is 0 Å². The van der Waals surface area contributed by atoms with Crippen LogP contribution in [-0.4, -0.2) is 19.0 Å². The molecule has 0 N–H and O–H groups in total. The Kier molecular flexibility index (Phi) is 4.97. The maximum absolute atomic E-state index is 12.6. The molecule has 0 radical (unpaired) electrons. The standard InChI is InChI=1S/C23H20NO3/c25-21(20-8-9-22-23(16-20)27-15-14-26-22)17-24-12-10-19(11-13-24)7-6-18-4-2-1-3-5-18/h1-13,16H,14-15,17H2/q+1. The van der Waals surface area contributed by atoms with Crippen LogP contribution in [0.4, 0.5) is 0 Å². The third-order valence-electron chi connectivity index (χ3n) is 4.38. The molecule has 4 nitrogen and oxygen atoms in total. The summed E-state index contributed by atoms with van der Waals surface area (Å²) < 4.78 is 12.9. The van der Waals surface area contributed by atoms with Crippen LogP contribution in [0.1, 0.15) is 21.5 Å². The molecule has 0 saturated heterocycles. The number of ether oxygens (including phenoxy) is 2. The average Bonchev–Trinajstić information content (AvgIpc) is 2.73. The molecule has 3 aromatic rings. The van der Waals surface area contributed by atoms with Crippen LogP contribution >= 0.6 is 0 Å². The van der Waals surface area contributed by atoms with Crippen LogP contribution in [0.3, 0.4) is 0 Å². The molecule has 0 saturated carbocycles. The van der Waals surface area contributed by atoms with E-state index in [1.807, 2.05) is 47.3 Å². The number of rotatable bonds is 5. The number of benzene rings is 2. The van der Waals surface area contributed by atoms with E-state index in [9.17, 15) is 4.79 Å². The Morgan fingerprint density at radius 2 is 1.52 bits per heavy atom. The van der Waals surface area contributed by atoms with E-state index >= 15 is 0 Å². The Balaban J connectivity index is 1.42. The maximum atomic E-state index is 12.6. The van der Waals surface area contributed by atoms with Gasteiger partial charge in [-0.2, -0.15) is 4.57 Å². The van der Waals surface area contributed by atoms with Crippen molar-refractivity contribution in [3.63, 3.8) is 0 Å². The zero-order valence-corrected chi connectivity index (χ0v) is 14.9. The summed E-state index contributed by atoms with van der Waals surface area (Å²) in [5.74, 6) is 1.36. The quantitative estimate of drug-likeness (QED) is 0.514. The second kappa shape index (κ2) is 7.87. The smallest absolute Gasteiger partial charge is 0.227 e. The molecule has 27 heavy (non-hydrogen) atoms. The topological polar surface area (TPSA) is 39.4 Å². The van der Waals surface area contributed by atoms with Gasteiger partial charge in [-0.05, 0) is 29.3 Å². The van der Waals surface area contributed by atoms with Crippen LogP contribution in [-0.2, 0) is 6.54 Å². The molecule has 0 unspecified atom stereocenters. The number of hydrogen-bond donors (Lipinski definition) is 0. The molecule has 0 amide bonds. The number of pyridine rings is 1. The molecule has 0 spiro atoms. The number of aromatic nitrogens is 1. The van der Waals surface area contributed by atoms with Crippen LogP contribution in [0.25, 0.3) is 12.2 Å². The number of ketones is 1. The predicted molar refractivity (Wildman–Crippen MR) is 104 cm³/mol. The van der Waals surface area contributed by atoms with Gasteiger partial charge in [-0.25, -0.2) is 0 Å². The van der Waals surface area contributed by atoms with Gasteiger partial charge in [-0.15, -0.1) is 0 Å². The molecule has 2 aromatic carbocycles. The van der Waals surface area contributed by atoms with Crippen molar-refractivity contribution in [2.45, 2.75) is 6.54 Å². The van der Waals surface area contributed by atoms with Gasteiger partial charge in [-0.1, -0.05) is 42.5 Å². The third-order valence-corrected chi connectivity index (χ3v) is 4.38. The maximum Gasteiger partial charge on any atom is 0.227 e. The first kappa shape index (κ1) is 17.0. The number of fused-ring (bicyclic) bond motifs is 1. The normalized spacial score (nSPS) is 12.9. The van der Waals surface area contributed by atoms with Gasteiger partial charge in [0.1, 0.15) is 13.2 Å². The lowest BCUT2D eigenvalue weighted by Crippen LogP contribution is -2.37. The van der Waals surface area contributed by atoms with E-state index in [1.165, 1.54) is 0 Å². The molecule has 0 atom stereocenters. The second-order valence-electron chi connectivity index (χ2n) is 6.33. The van der Waals surface area contributed by atoms with Crippen molar-refractivity contribution in [1.82, 2.24) is 0 Å². The molecule has 4 rings (SSSR count). The fourth-order valence-corrected chi connectivity index (χ4v) is 2.92. The number of Topliss-reactive ketones (excluding diaryl/α,β-unsaturated/α-hetero) is 1. The lowest BCUT2D eigenvalue weighted by atomic mass is 10.1. The molecular formula is C23H20NO3+. The zero-order valence-electron chi connectivity index (χ0n) is 14.9. The van der Waals surface area contributed by atoms with E-state index in [2.05, 4.69) is 24.3 Å². The zero-order chi connectivity index (χ0) is 18.5. The minimum atomic E-state index is 0.0320. The summed E-state index contributed by atoms with van der Waals surface area (Å²) in [6.45, 7) is 1.33. The van der Waals surface area contributed by atoms with E-state index in [0.717, 1.165) is 11.1 Å². The Morgan fingerprint density at radius 1 is 0.852 bits per heavy atom. The van der Waals surface area contributed by atoms with Gasteiger partial charge >= 0.3 is 0 Å². The number of nitrogens with zero attached hydrogens (tertiary/aromatic N) is 1. The van der Waals surface area contributed by atoms with E-state index in [0.29, 0.717) is 30.3 Å². The molecule has 134 valence electrons. The largest absolute Gasteiger partial charge is 0.486 e. The molecule has 0 fully saturated rings. The lowest BCUT2D eigenvalue weighted by Gasteiger charge is -2.18. The predicted octanol–water partition coefficient (Wildman–Crippen LogP) is 3.80. The van der Waals surface area contributed by atoms with Gasteiger partial charge in [0.05, 0.1) is 0 Å². The fraction of sp³-hybridized carbons (Fsp3) is 0.130. The van der Waals surface area contributed by atoms with E-state index in [-0.39, 0.29) is 12.3 Å². The molecule has 1 aromatic heterocycles. The first-order valence-corrected chi connectivity index (χ1v) is 8.93. The van der Waals surface area contributed by atoms with Crippen molar-refractivity contribution in [3.05, 3.63) is 89.7 Å². The summed E-state index contributed by atoms with van der Waals surface area (Å²) in [5, 5.41) is 0. The van der Waals surface area contributed by atoms with Crippen LogP contribution in [0, 0.1) is 0 Å². The SMILES string of the molecule is O=C(C[n+]1ccc(C=Cc2ccccc2)cc1)c1ccc2c(c1)OCCO2. The van der Waals surface area contributed by atoms with Gasteiger partial charge in [0.2, 0.25) is 12.3 Å². The highest BCUT2D eigenvalue weighted by atomic mass is 16.6. The second-order valence-corrected chi connectivity index (χ2v) is 6.33. The Hall–Kier alpha value is -3.40. The van der Waals surface area contributed by atoms with Crippen molar-refractivity contribution < 1.29 is 18.8 Å². The Morgan fingerprint density at radius 3 is 2.26 bits per heavy atom. The van der Waals surface area contributed by atoms with Crippen LogP contribution < -0.4 is 14.0 Å². The van der Waals surface area contributed by atoms with Gasteiger partial charge in [0.25, 0.3) is 0 Å². The summed E-state index contributed by atoms with van der Waals surface area (Å²) in [4.78, 5) is 12.6. The molecule has 4 heteroatoms. The summed E-state index contributed by atoms with van der Waals surface area (Å²) >= 11 is 0. The lowest BCUT2D eigenvalue weighted by molar-refractivity contribution is -0.683. The van der Waals surface area contributed by atoms with Crippen LogP contribution in [0.2, 0.25) is 0 Å². The highest BCUT2D eigenvalue weighted by molar-refractivity contribution is 5.95. The minimum Gasteiger partial charge on any atom is -0.486 e. The van der Waals surface area contributed by atoms with E-state index in [1.54, 1.807) is 18.2 Å². The van der Waals surface area contributed by atoms with Crippen molar-refractivity contribution in [3.8, 4) is 11.5 Å². The van der Waals surface area contributed by atoms with Gasteiger partial charge in [-0.3, -0.25) is 4.79 Å². The summed E-state index contributed by atoms with van der Waals surface area (Å²) in [7, 11) is 0. The number of carbonyl (C=O) groups excluding carboxylic acids is 1. The number of carbonyl (C=O) groups is 1. The van der Waals surface area contributed by atoms with E-state index < -0.39 is 0 Å². The monoisotopic (exact) mass is 358 g/mol. The number of hydrogen-bond acceptors (Lipinski definition) is 3. The van der Waals surface area contributed by atoms with Gasteiger partial charge in [0.15, 0.2) is 23.9 Å². The first-order chi connectivity index (χ1) is 13.3. The Labute approximate surface area is 158 Å². The van der Waals surface area contributed by atoms with E-state index in [4.69, 9.17) is 9.47 Å². The first-order valence-electron chi connectivity index (χ1n) is 8.93. The Bertz CT molecular complexity index is 963. The van der Waals surface area contributed by atoms with Crippen molar-refractivity contribution >= 4 is 17.9 Å². The molecule has 0 aliphatic carbocycles. The highest BCUT2D eigenvalue weighted by Crippen LogP contribution is 2.30. The fourth-order valence-electron chi connectivity index (χ4n) is 2.92. The summed E-state index contributed by atoms with van der Waals surface area (Å²) in [6, 6.07) is 19.5. The summed E-state index contributed by atoms with van der Waals surface area (Å²) in [5.41, 5.74) is 2.87. The molecule has 1 aliphatic heterocycles. The average molecular weight is 358 g/mol. The third kappa shape index (κ3) is 4.23. The summed E-state index contributed by atoms with van der Waals surface area (Å²) in [6.07, 6.45) is 7.96. The molecule has 1 aliphatic rings. The van der Waals surface area contributed by atoms with Gasteiger partial charge in [0, 0.05) is 17.7 Å². The van der Waals surface area contributed by atoms with Crippen LogP contribution in [0.15, 0.2) is 73.1 Å². The molecular weight excluding hydrogens is 338 g/mol. The molecule has 0 bridgehead atoms. The van der Waals surface area contributed by atoms with Gasteiger partial charge < -0.3 is 9.47 Å².